The lowest BCUT2D eigenvalue weighted by atomic mass is 10.2. The third-order valence-corrected chi connectivity index (χ3v) is 4.14. The van der Waals surface area contributed by atoms with Gasteiger partial charge in [0.1, 0.15) is 11.5 Å². The highest BCUT2D eigenvalue weighted by atomic mass is 16.5. The van der Waals surface area contributed by atoms with E-state index in [0.717, 1.165) is 0 Å². The van der Waals surface area contributed by atoms with Crippen molar-refractivity contribution in [1.29, 1.82) is 0 Å². The molecule has 168 valence electrons. The first kappa shape index (κ1) is 24.3. The van der Waals surface area contributed by atoms with Gasteiger partial charge in [0.25, 0.3) is 5.91 Å². The van der Waals surface area contributed by atoms with Gasteiger partial charge in [0.15, 0.2) is 0 Å². The Morgan fingerprint density at radius 3 is 2.16 bits per heavy atom. The van der Waals surface area contributed by atoms with Crippen LogP contribution in [0.3, 0.4) is 0 Å². The van der Waals surface area contributed by atoms with Crippen molar-refractivity contribution >= 4 is 35.7 Å². The maximum atomic E-state index is 12.3. The molecule has 0 aliphatic carbocycles. The fourth-order valence-corrected chi connectivity index (χ4v) is 2.35. The second-order valence-corrected chi connectivity index (χ2v) is 6.53. The Morgan fingerprint density at radius 1 is 0.875 bits per heavy atom. The van der Waals surface area contributed by atoms with Gasteiger partial charge in [-0.2, -0.15) is 5.10 Å². The van der Waals surface area contributed by atoms with Gasteiger partial charge in [-0.3, -0.25) is 19.2 Å². The molecule has 32 heavy (non-hydrogen) atoms. The van der Waals surface area contributed by atoms with Crippen LogP contribution < -0.4 is 20.2 Å². The molecule has 0 heterocycles. The van der Waals surface area contributed by atoms with E-state index in [2.05, 4.69) is 15.8 Å². The number of carbonyl (C=O) groups is 4. The Balaban J connectivity index is 2.10. The Labute approximate surface area is 185 Å². The molecule has 0 aliphatic rings. The van der Waals surface area contributed by atoms with Crippen LogP contribution in [0.5, 0.6) is 11.5 Å². The number of nitrogens with zero attached hydrogens (tertiary/aromatic N) is 1. The van der Waals surface area contributed by atoms with Gasteiger partial charge in [-0.15, -0.1) is 0 Å². The molecule has 9 nitrogen and oxygen atoms in total. The molecule has 0 bridgehead atoms. The second-order valence-electron chi connectivity index (χ2n) is 6.53. The highest BCUT2D eigenvalue weighted by Gasteiger charge is 2.11. The maximum absolute atomic E-state index is 12.3. The highest BCUT2D eigenvalue weighted by molar-refractivity contribution is 5.96. The van der Waals surface area contributed by atoms with Crippen molar-refractivity contribution in [2.45, 2.75) is 40.0 Å². The summed E-state index contributed by atoms with van der Waals surface area (Å²) in [6.07, 6.45) is 2.03. The summed E-state index contributed by atoms with van der Waals surface area (Å²) < 4.78 is 10.4. The van der Waals surface area contributed by atoms with E-state index in [1.54, 1.807) is 51.1 Å². The van der Waals surface area contributed by atoms with Gasteiger partial charge in [-0.05, 0) is 36.4 Å². The quantitative estimate of drug-likeness (QED) is 0.267. The van der Waals surface area contributed by atoms with Crippen molar-refractivity contribution < 1.29 is 28.7 Å². The first-order valence-electron chi connectivity index (χ1n) is 10.1. The Kier molecular flexibility index (Phi) is 9.09. The summed E-state index contributed by atoms with van der Waals surface area (Å²) in [5, 5.41) is 6.61. The molecule has 0 unspecified atom stereocenters. The number of hydrogen-bond donors (Lipinski definition) is 2. The summed E-state index contributed by atoms with van der Waals surface area (Å²) in [6, 6.07) is 10.8. The van der Waals surface area contributed by atoms with Crippen molar-refractivity contribution in [3.8, 4) is 11.5 Å². The maximum Gasteiger partial charge on any atom is 0.310 e. The van der Waals surface area contributed by atoms with Crippen LogP contribution in [0.15, 0.2) is 47.6 Å². The monoisotopic (exact) mass is 439 g/mol. The van der Waals surface area contributed by atoms with Gasteiger partial charge in [-0.25, -0.2) is 5.43 Å². The number of rotatable bonds is 9. The molecule has 0 saturated carbocycles. The minimum atomic E-state index is -0.474. The standard InChI is InChI=1S/C23H25N3O6/c1-4-20(27)25-17-10-7-15(8-11-17)23(30)26-24-14-16-9-12-18(31-21(28)5-2)13-19(16)32-22(29)6-3/h7-14H,4-6H2,1-3H3,(H,25,27)(H,26,30). The van der Waals surface area contributed by atoms with E-state index in [9.17, 15) is 19.2 Å². The molecule has 0 aromatic heterocycles. The normalized spacial score (nSPS) is 10.5. The van der Waals surface area contributed by atoms with Crippen molar-refractivity contribution in [2.75, 3.05) is 5.32 Å². The molecule has 0 spiro atoms. The molecule has 2 aromatic rings. The molecule has 0 saturated heterocycles. The van der Waals surface area contributed by atoms with Crippen LogP contribution in [0, 0.1) is 0 Å². The van der Waals surface area contributed by atoms with Gasteiger partial charge in [0, 0.05) is 42.1 Å². The Hall–Kier alpha value is -4.01. The lowest BCUT2D eigenvalue weighted by molar-refractivity contribution is -0.134. The topological polar surface area (TPSA) is 123 Å². The second kappa shape index (κ2) is 12.0. The number of anilines is 1. The first-order chi connectivity index (χ1) is 15.4. The number of benzene rings is 2. The van der Waals surface area contributed by atoms with E-state index >= 15 is 0 Å². The van der Waals surface area contributed by atoms with E-state index in [1.165, 1.54) is 18.3 Å². The Bertz CT molecular complexity index is 1010. The zero-order chi connectivity index (χ0) is 23.5. The van der Waals surface area contributed by atoms with Crippen molar-refractivity contribution in [3.05, 3.63) is 53.6 Å². The molecule has 2 rings (SSSR count). The van der Waals surface area contributed by atoms with Crippen LogP contribution in [0.4, 0.5) is 5.69 Å². The zero-order valence-electron chi connectivity index (χ0n) is 18.1. The van der Waals surface area contributed by atoms with Crippen LogP contribution >= 0.6 is 0 Å². The molecule has 9 heteroatoms. The average molecular weight is 439 g/mol. The number of nitrogens with one attached hydrogen (secondary N) is 2. The van der Waals surface area contributed by atoms with E-state index < -0.39 is 17.8 Å². The van der Waals surface area contributed by atoms with Crippen LogP contribution in [-0.2, 0) is 14.4 Å². The summed E-state index contributed by atoms with van der Waals surface area (Å²) in [5.74, 6) is -1.11. The summed E-state index contributed by atoms with van der Waals surface area (Å²) in [6.45, 7) is 5.06. The summed E-state index contributed by atoms with van der Waals surface area (Å²) in [7, 11) is 0. The lowest BCUT2D eigenvalue weighted by Crippen LogP contribution is -2.18. The molecule has 0 atom stereocenters. The summed E-state index contributed by atoms with van der Waals surface area (Å²) >= 11 is 0. The average Bonchev–Trinajstić information content (AvgIpc) is 2.80. The molecule has 0 aliphatic heterocycles. The number of carbonyl (C=O) groups excluding carboxylic acids is 4. The lowest BCUT2D eigenvalue weighted by Gasteiger charge is -2.09. The highest BCUT2D eigenvalue weighted by Crippen LogP contribution is 2.25. The minimum absolute atomic E-state index is 0.123. The van der Waals surface area contributed by atoms with Crippen LogP contribution in [0.2, 0.25) is 0 Å². The smallest absolute Gasteiger partial charge is 0.310 e. The molecule has 2 aromatic carbocycles. The first-order valence-corrected chi connectivity index (χ1v) is 10.1. The van der Waals surface area contributed by atoms with Crippen LogP contribution in [-0.4, -0.2) is 30.0 Å². The van der Waals surface area contributed by atoms with Gasteiger partial charge in [-0.1, -0.05) is 20.8 Å². The predicted octanol–water partition coefficient (Wildman–Crippen LogP) is 3.43. The number of hydrazone groups is 1. The largest absolute Gasteiger partial charge is 0.426 e. The summed E-state index contributed by atoms with van der Waals surface area (Å²) in [5.41, 5.74) is 3.72. The van der Waals surface area contributed by atoms with Crippen molar-refractivity contribution in [1.82, 2.24) is 5.43 Å². The van der Waals surface area contributed by atoms with Crippen LogP contribution in [0.1, 0.15) is 56.0 Å². The minimum Gasteiger partial charge on any atom is -0.426 e. The number of esters is 2. The Morgan fingerprint density at radius 2 is 1.53 bits per heavy atom. The van der Waals surface area contributed by atoms with Gasteiger partial charge in [0.05, 0.1) is 6.21 Å². The van der Waals surface area contributed by atoms with E-state index in [4.69, 9.17) is 9.47 Å². The zero-order valence-corrected chi connectivity index (χ0v) is 18.1. The molecule has 0 fully saturated rings. The molecule has 2 N–H and O–H groups in total. The van der Waals surface area contributed by atoms with E-state index in [1.807, 2.05) is 0 Å². The van der Waals surface area contributed by atoms with E-state index in [0.29, 0.717) is 23.2 Å². The van der Waals surface area contributed by atoms with Gasteiger partial charge in [0.2, 0.25) is 5.91 Å². The van der Waals surface area contributed by atoms with Crippen LogP contribution in [0.25, 0.3) is 0 Å². The fourth-order valence-electron chi connectivity index (χ4n) is 2.35. The van der Waals surface area contributed by atoms with Gasteiger partial charge < -0.3 is 14.8 Å². The molecular formula is C23H25N3O6. The molecular weight excluding hydrogens is 414 g/mol. The van der Waals surface area contributed by atoms with E-state index in [-0.39, 0.29) is 30.2 Å². The van der Waals surface area contributed by atoms with Gasteiger partial charge >= 0.3 is 11.9 Å². The molecule has 2 amide bonds. The summed E-state index contributed by atoms with van der Waals surface area (Å²) in [4.78, 5) is 46.9. The SMILES string of the molecule is CCC(=O)Nc1ccc(C(=O)NN=Cc2ccc(OC(=O)CC)cc2OC(=O)CC)cc1. The number of hydrogen-bond acceptors (Lipinski definition) is 7. The van der Waals surface area contributed by atoms with Crippen molar-refractivity contribution in [2.24, 2.45) is 5.10 Å². The number of ether oxygens (including phenoxy) is 2. The number of amides is 2. The third-order valence-electron chi connectivity index (χ3n) is 4.14. The predicted molar refractivity (Wildman–Crippen MR) is 119 cm³/mol. The third kappa shape index (κ3) is 7.35. The molecule has 0 radical (unpaired) electrons. The van der Waals surface area contributed by atoms with Crippen molar-refractivity contribution in [3.63, 3.8) is 0 Å². The fraction of sp³-hybridized carbons (Fsp3) is 0.261.